The predicted octanol–water partition coefficient (Wildman–Crippen LogP) is 4.33. The van der Waals surface area contributed by atoms with Crippen LogP contribution in [0.25, 0.3) is 10.4 Å². The highest BCUT2D eigenvalue weighted by atomic mass is 32.1. The van der Waals surface area contributed by atoms with Gasteiger partial charge in [-0.1, -0.05) is 24.3 Å². The third-order valence-electron chi connectivity index (χ3n) is 5.42. The summed E-state index contributed by atoms with van der Waals surface area (Å²) in [6.45, 7) is 5.08. The lowest BCUT2D eigenvalue weighted by molar-refractivity contribution is 0.203. The van der Waals surface area contributed by atoms with Gasteiger partial charge in [-0.15, -0.1) is 11.3 Å². The van der Waals surface area contributed by atoms with Crippen LogP contribution < -0.4 is 10.2 Å². The van der Waals surface area contributed by atoms with E-state index in [1.165, 1.54) is 16.0 Å². The smallest absolute Gasteiger partial charge is 0.126 e. The molecule has 1 fully saturated rings. The number of rotatable bonds is 6. The summed E-state index contributed by atoms with van der Waals surface area (Å²) in [5, 5.41) is 12.7. The molecule has 0 radical (unpaired) electrons. The predicted molar refractivity (Wildman–Crippen MR) is 116 cm³/mol. The van der Waals surface area contributed by atoms with Crippen LogP contribution in [0.2, 0.25) is 0 Å². The van der Waals surface area contributed by atoms with Gasteiger partial charge in [0.15, 0.2) is 0 Å². The second-order valence-corrected chi connectivity index (χ2v) is 8.19. The number of benzene rings is 1. The van der Waals surface area contributed by atoms with Crippen molar-refractivity contribution in [2.75, 3.05) is 29.9 Å². The molecule has 0 bridgehead atoms. The second kappa shape index (κ2) is 8.71. The van der Waals surface area contributed by atoms with E-state index in [4.69, 9.17) is 0 Å². The highest BCUT2D eigenvalue weighted by Gasteiger charge is 2.18. The summed E-state index contributed by atoms with van der Waals surface area (Å²) >= 11 is 1.68. The molecule has 0 amide bonds. The Balaban J connectivity index is 1.32. The van der Waals surface area contributed by atoms with Gasteiger partial charge in [0.1, 0.15) is 5.82 Å². The van der Waals surface area contributed by atoms with Crippen LogP contribution in [0.15, 0.2) is 48.1 Å². The van der Waals surface area contributed by atoms with Gasteiger partial charge in [-0.05, 0) is 48.9 Å². The number of nitrogens with one attached hydrogen (secondary N) is 1. The maximum absolute atomic E-state index is 9.27. The molecule has 4 rings (SSSR count). The standard InChI is InChI=1S/C22H26N4OS/c1-16-22(28-15-25-16)19-4-2-17(3-5-19)12-23-21-7-6-20(13-24-21)26-10-8-18(14-27)9-11-26/h2-7,13,15,18,27H,8-12,14H2,1H3,(H,23,24). The van der Waals surface area contributed by atoms with E-state index in [0.717, 1.165) is 49.7 Å². The molecule has 0 atom stereocenters. The molecule has 6 heteroatoms. The molecule has 1 aliphatic rings. The number of hydrogen-bond donors (Lipinski definition) is 2. The molecule has 1 aliphatic heterocycles. The van der Waals surface area contributed by atoms with Crippen molar-refractivity contribution in [3.63, 3.8) is 0 Å². The number of hydrogen-bond acceptors (Lipinski definition) is 6. The minimum Gasteiger partial charge on any atom is -0.396 e. The monoisotopic (exact) mass is 394 g/mol. The van der Waals surface area contributed by atoms with Crippen molar-refractivity contribution in [2.45, 2.75) is 26.3 Å². The SMILES string of the molecule is Cc1ncsc1-c1ccc(CNc2ccc(N3CCC(CO)CC3)cn2)cc1. The zero-order valence-corrected chi connectivity index (χ0v) is 17.0. The van der Waals surface area contributed by atoms with Crippen LogP contribution in [0.5, 0.6) is 0 Å². The summed E-state index contributed by atoms with van der Waals surface area (Å²) < 4.78 is 0. The zero-order valence-electron chi connectivity index (χ0n) is 16.1. The molecular weight excluding hydrogens is 368 g/mol. The van der Waals surface area contributed by atoms with Crippen molar-refractivity contribution in [1.29, 1.82) is 0 Å². The number of nitrogens with zero attached hydrogens (tertiary/aromatic N) is 3. The van der Waals surface area contributed by atoms with Crippen LogP contribution >= 0.6 is 11.3 Å². The van der Waals surface area contributed by atoms with E-state index in [0.29, 0.717) is 12.5 Å². The van der Waals surface area contributed by atoms with Crippen molar-refractivity contribution in [3.8, 4) is 10.4 Å². The van der Waals surface area contributed by atoms with Crippen molar-refractivity contribution in [1.82, 2.24) is 9.97 Å². The first-order chi connectivity index (χ1) is 13.7. The fourth-order valence-corrected chi connectivity index (χ4v) is 4.41. The minimum absolute atomic E-state index is 0.305. The fraction of sp³-hybridized carbons (Fsp3) is 0.364. The van der Waals surface area contributed by atoms with Crippen LogP contribution in [0.4, 0.5) is 11.5 Å². The molecule has 0 spiro atoms. The third kappa shape index (κ3) is 4.34. The Morgan fingerprint density at radius 3 is 2.50 bits per heavy atom. The Bertz CT molecular complexity index is 884. The number of anilines is 2. The lowest BCUT2D eigenvalue weighted by atomic mass is 9.98. The zero-order chi connectivity index (χ0) is 19.3. The van der Waals surface area contributed by atoms with E-state index in [-0.39, 0.29) is 0 Å². The Morgan fingerprint density at radius 1 is 1.11 bits per heavy atom. The van der Waals surface area contributed by atoms with Gasteiger partial charge in [-0.3, -0.25) is 0 Å². The number of aromatic nitrogens is 2. The molecule has 1 aromatic carbocycles. The average Bonchev–Trinajstić information content (AvgIpc) is 3.19. The molecule has 0 aliphatic carbocycles. The quantitative estimate of drug-likeness (QED) is 0.651. The molecule has 0 unspecified atom stereocenters. The molecule has 3 aromatic rings. The second-order valence-electron chi connectivity index (χ2n) is 7.33. The Kier molecular flexibility index (Phi) is 5.88. The van der Waals surface area contributed by atoms with Crippen LogP contribution in [-0.2, 0) is 6.54 Å². The van der Waals surface area contributed by atoms with Gasteiger partial charge in [0, 0.05) is 26.2 Å². The molecule has 2 N–H and O–H groups in total. The first kappa shape index (κ1) is 18.9. The van der Waals surface area contributed by atoms with E-state index < -0.39 is 0 Å². The largest absolute Gasteiger partial charge is 0.396 e. The molecule has 1 saturated heterocycles. The topological polar surface area (TPSA) is 61.3 Å². The molecular formula is C22H26N4OS. The highest BCUT2D eigenvalue weighted by Crippen LogP contribution is 2.27. The van der Waals surface area contributed by atoms with E-state index in [9.17, 15) is 5.11 Å². The van der Waals surface area contributed by atoms with E-state index in [1.54, 1.807) is 11.3 Å². The van der Waals surface area contributed by atoms with Gasteiger partial charge in [0.2, 0.25) is 0 Å². The van der Waals surface area contributed by atoms with Crippen molar-refractivity contribution >= 4 is 22.8 Å². The average molecular weight is 395 g/mol. The number of aliphatic hydroxyl groups excluding tert-OH is 1. The van der Waals surface area contributed by atoms with Crippen LogP contribution in [0, 0.1) is 12.8 Å². The summed E-state index contributed by atoms with van der Waals surface area (Å²) in [5.41, 5.74) is 6.58. The molecule has 3 heterocycles. The van der Waals surface area contributed by atoms with Crippen molar-refractivity contribution < 1.29 is 5.11 Å². The maximum atomic E-state index is 9.27. The number of aryl methyl sites for hydroxylation is 1. The third-order valence-corrected chi connectivity index (χ3v) is 6.40. The maximum Gasteiger partial charge on any atom is 0.126 e. The normalized spacial score (nSPS) is 15.0. The first-order valence-electron chi connectivity index (χ1n) is 9.78. The van der Waals surface area contributed by atoms with Gasteiger partial charge in [0.25, 0.3) is 0 Å². The lowest BCUT2D eigenvalue weighted by Crippen LogP contribution is -2.34. The Labute approximate surface area is 170 Å². The summed E-state index contributed by atoms with van der Waals surface area (Å²) in [6.07, 6.45) is 4.04. The fourth-order valence-electron chi connectivity index (χ4n) is 3.60. The van der Waals surface area contributed by atoms with E-state index in [1.807, 2.05) is 24.7 Å². The van der Waals surface area contributed by atoms with Gasteiger partial charge >= 0.3 is 0 Å². The minimum atomic E-state index is 0.305. The van der Waals surface area contributed by atoms with Gasteiger partial charge in [0.05, 0.1) is 28.0 Å². The highest BCUT2D eigenvalue weighted by molar-refractivity contribution is 7.13. The van der Waals surface area contributed by atoms with E-state index in [2.05, 4.69) is 50.5 Å². The van der Waals surface area contributed by atoms with Crippen LogP contribution in [0.1, 0.15) is 24.1 Å². The summed E-state index contributed by atoms with van der Waals surface area (Å²) in [7, 11) is 0. The summed E-state index contributed by atoms with van der Waals surface area (Å²) in [6, 6.07) is 12.8. The Hall–Kier alpha value is -2.44. The molecule has 28 heavy (non-hydrogen) atoms. The molecule has 0 saturated carbocycles. The van der Waals surface area contributed by atoms with E-state index >= 15 is 0 Å². The first-order valence-corrected chi connectivity index (χ1v) is 10.7. The van der Waals surface area contributed by atoms with Gasteiger partial charge in [-0.2, -0.15) is 0 Å². The number of piperidine rings is 1. The van der Waals surface area contributed by atoms with Crippen molar-refractivity contribution in [3.05, 3.63) is 59.4 Å². The van der Waals surface area contributed by atoms with Crippen molar-refractivity contribution in [2.24, 2.45) is 5.92 Å². The number of thiazole rings is 1. The lowest BCUT2D eigenvalue weighted by Gasteiger charge is -2.32. The van der Waals surface area contributed by atoms with Crippen LogP contribution in [-0.4, -0.2) is 34.8 Å². The molecule has 2 aromatic heterocycles. The van der Waals surface area contributed by atoms with Gasteiger partial charge in [-0.25, -0.2) is 9.97 Å². The molecule has 5 nitrogen and oxygen atoms in total. The number of aliphatic hydroxyl groups is 1. The molecule has 146 valence electrons. The summed E-state index contributed by atoms with van der Waals surface area (Å²) in [4.78, 5) is 12.5. The number of pyridine rings is 1. The van der Waals surface area contributed by atoms with Gasteiger partial charge < -0.3 is 15.3 Å². The van der Waals surface area contributed by atoms with Crippen LogP contribution in [0.3, 0.4) is 0 Å². The summed E-state index contributed by atoms with van der Waals surface area (Å²) in [5.74, 6) is 1.34. The Morgan fingerprint density at radius 2 is 1.89 bits per heavy atom.